The minimum absolute atomic E-state index is 0. The first kappa shape index (κ1) is 36.5. The Balaban J connectivity index is 0.00000576. The van der Waals surface area contributed by atoms with Crippen LogP contribution in [0.3, 0.4) is 0 Å². The zero-order valence-electron chi connectivity index (χ0n) is 25.7. The third-order valence-electron chi connectivity index (χ3n) is 7.55. The molecule has 0 aromatic heterocycles. The standard InChI is InChI=1S/C32H38F2N4O6S.ClH/c1-3-4-17-37(32(41)35-30-14-7-24(33)20-29(30)34)25-15-18-36(19-16-25)21-23-5-10-27(11-6-23)44-28-12-8-26(9-13-28)38(22-31(39)40)45(2,42)43;/h5-14,20,25H,3-4,15-19,21-22H2,1-2H3,(H,35,41)(H,39,40);1H. The molecule has 2 N–H and O–H groups in total. The van der Waals surface area contributed by atoms with Gasteiger partial charge < -0.3 is 20.1 Å². The fourth-order valence-corrected chi connectivity index (χ4v) is 6.06. The van der Waals surface area contributed by atoms with Gasteiger partial charge in [0, 0.05) is 38.3 Å². The molecule has 14 heteroatoms. The van der Waals surface area contributed by atoms with E-state index in [2.05, 4.69) is 10.2 Å². The van der Waals surface area contributed by atoms with Gasteiger partial charge >= 0.3 is 12.0 Å². The number of unbranched alkanes of at least 4 members (excludes halogenated alkanes) is 1. The minimum Gasteiger partial charge on any atom is -0.480 e. The number of nitrogens with one attached hydrogen (secondary N) is 1. The van der Waals surface area contributed by atoms with E-state index in [9.17, 15) is 26.8 Å². The first-order valence-corrected chi connectivity index (χ1v) is 16.6. The lowest BCUT2D eigenvalue weighted by atomic mass is 10.0. The molecule has 46 heavy (non-hydrogen) atoms. The predicted octanol–water partition coefficient (Wildman–Crippen LogP) is 6.33. The van der Waals surface area contributed by atoms with Crippen LogP contribution in [0.2, 0.25) is 0 Å². The number of anilines is 2. The number of sulfonamides is 1. The molecular formula is C32H39ClF2N4O6S. The SMILES string of the molecule is CCCCN(C(=O)Nc1ccc(F)cc1F)C1CCN(Cc2ccc(Oc3ccc(N(CC(=O)O)S(C)(=O)=O)cc3)cc2)CC1.Cl. The van der Waals surface area contributed by atoms with Crippen molar-refractivity contribution in [2.24, 2.45) is 0 Å². The normalized spacial score (nSPS) is 13.8. The number of benzene rings is 3. The van der Waals surface area contributed by atoms with Crippen molar-refractivity contribution in [2.45, 2.75) is 45.2 Å². The molecule has 0 unspecified atom stereocenters. The van der Waals surface area contributed by atoms with Crippen LogP contribution in [0.1, 0.15) is 38.2 Å². The average molecular weight is 681 g/mol. The molecule has 3 aromatic rings. The number of nitrogens with zero attached hydrogens (tertiary/aromatic N) is 3. The molecule has 0 bridgehead atoms. The van der Waals surface area contributed by atoms with Crippen molar-refractivity contribution < 1.29 is 36.6 Å². The first-order chi connectivity index (χ1) is 21.4. The van der Waals surface area contributed by atoms with Crippen LogP contribution < -0.4 is 14.4 Å². The maximum absolute atomic E-state index is 14.1. The highest BCUT2D eigenvalue weighted by Crippen LogP contribution is 2.27. The average Bonchev–Trinajstić information content (AvgIpc) is 2.99. The van der Waals surface area contributed by atoms with Crippen LogP contribution >= 0.6 is 12.4 Å². The Morgan fingerprint density at radius 2 is 1.61 bits per heavy atom. The summed E-state index contributed by atoms with van der Waals surface area (Å²) in [5, 5.41) is 11.7. The number of piperidine rings is 1. The fraction of sp³-hybridized carbons (Fsp3) is 0.375. The van der Waals surface area contributed by atoms with Crippen molar-refractivity contribution in [3.63, 3.8) is 0 Å². The summed E-state index contributed by atoms with van der Waals surface area (Å²) in [6.07, 6.45) is 4.22. The molecule has 1 fully saturated rings. The van der Waals surface area contributed by atoms with Crippen molar-refractivity contribution in [2.75, 3.05) is 42.1 Å². The summed E-state index contributed by atoms with van der Waals surface area (Å²) in [4.78, 5) is 28.3. The third kappa shape index (κ3) is 10.3. The van der Waals surface area contributed by atoms with Crippen molar-refractivity contribution in [1.82, 2.24) is 9.80 Å². The molecule has 1 aliphatic rings. The van der Waals surface area contributed by atoms with Gasteiger partial charge in [0.2, 0.25) is 10.0 Å². The molecule has 2 amide bonds. The Bertz CT molecular complexity index is 1570. The van der Waals surface area contributed by atoms with E-state index in [-0.39, 0.29) is 35.9 Å². The highest BCUT2D eigenvalue weighted by molar-refractivity contribution is 7.92. The Morgan fingerprint density at radius 3 is 2.15 bits per heavy atom. The van der Waals surface area contributed by atoms with Crippen LogP contribution in [0, 0.1) is 11.6 Å². The summed E-state index contributed by atoms with van der Waals surface area (Å²) >= 11 is 0. The molecule has 4 rings (SSSR count). The van der Waals surface area contributed by atoms with E-state index in [0.717, 1.165) is 67.0 Å². The van der Waals surface area contributed by atoms with Gasteiger partial charge in [0.15, 0.2) is 0 Å². The number of halogens is 3. The van der Waals surface area contributed by atoms with Gasteiger partial charge in [-0.2, -0.15) is 0 Å². The van der Waals surface area contributed by atoms with Crippen LogP contribution in [0.15, 0.2) is 66.7 Å². The lowest BCUT2D eigenvalue weighted by molar-refractivity contribution is -0.135. The Hall–Kier alpha value is -3.94. The van der Waals surface area contributed by atoms with Gasteiger partial charge in [-0.25, -0.2) is 22.0 Å². The number of ether oxygens (including phenoxy) is 1. The predicted molar refractivity (Wildman–Crippen MR) is 175 cm³/mol. The molecule has 10 nitrogen and oxygen atoms in total. The second kappa shape index (κ2) is 16.6. The second-order valence-corrected chi connectivity index (χ2v) is 12.9. The minimum atomic E-state index is -3.77. The van der Waals surface area contributed by atoms with Crippen LogP contribution in [-0.4, -0.2) is 73.8 Å². The van der Waals surface area contributed by atoms with Crippen molar-refractivity contribution in [3.8, 4) is 11.5 Å². The molecular weight excluding hydrogens is 642 g/mol. The fourth-order valence-electron chi connectivity index (χ4n) is 5.21. The van der Waals surface area contributed by atoms with E-state index >= 15 is 0 Å². The van der Waals surface area contributed by atoms with E-state index in [1.165, 1.54) is 18.2 Å². The Kier molecular flexibility index (Phi) is 13.2. The van der Waals surface area contributed by atoms with Gasteiger partial charge in [-0.15, -0.1) is 12.4 Å². The molecule has 0 spiro atoms. The van der Waals surface area contributed by atoms with Crippen LogP contribution in [0.5, 0.6) is 11.5 Å². The number of hydrogen-bond acceptors (Lipinski definition) is 6. The summed E-state index contributed by atoms with van der Waals surface area (Å²) < 4.78 is 58.1. The summed E-state index contributed by atoms with van der Waals surface area (Å²) in [5.41, 5.74) is 1.27. The van der Waals surface area contributed by atoms with E-state index in [1.807, 2.05) is 31.2 Å². The first-order valence-electron chi connectivity index (χ1n) is 14.7. The van der Waals surface area contributed by atoms with Gasteiger partial charge in [-0.1, -0.05) is 25.5 Å². The molecule has 0 atom stereocenters. The molecule has 0 aliphatic carbocycles. The number of carboxylic acid groups (broad SMARTS) is 1. The van der Waals surface area contributed by atoms with Gasteiger partial charge in [0.25, 0.3) is 0 Å². The molecule has 1 heterocycles. The van der Waals surface area contributed by atoms with Crippen LogP contribution in [0.4, 0.5) is 25.0 Å². The topological polar surface area (TPSA) is 119 Å². The van der Waals surface area contributed by atoms with Crippen molar-refractivity contribution >= 4 is 45.8 Å². The highest BCUT2D eigenvalue weighted by Gasteiger charge is 2.28. The Morgan fingerprint density at radius 1 is 1.00 bits per heavy atom. The Labute approximate surface area is 274 Å². The van der Waals surface area contributed by atoms with E-state index < -0.39 is 34.2 Å². The number of aliphatic carboxylic acids is 1. The quantitative estimate of drug-likeness (QED) is 0.217. The number of carbonyl (C=O) groups is 2. The maximum atomic E-state index is 14.1. The van der Waals surface area contributed by atoms with Crippen LogP contribution in [0.25, 0.3) is 0 Å². The largest absolute Gasteiger partial charge is 0.480 e. The number of likely N-dealkylation sites (tertiary alicyclic amines) is 1. The molecule has 250 valence electrons. The lowest BCUT2D eigenvalue weighted by Crippen LogP contribution is -2.49. The van der Waals surface area contributed by atoms with Gasteiger partial charge in [-0.3, -0.25) is 14.0 Å². The van der Waals surface area contributed by atoms with Crippen molar-refractivity contribution in [3.05, 3.63) is 83.9 Å². The van der Waals surface area contributed by atoms with Gasteiger partial charge in [0.1, 0.15) is 29.7 Å². The van der Waals surface area contributed by atoms with E-state index in [1.54, 1.807) is 17.0 Å². The summed E-state index contributed by atoms with van der Waals surface area (Å²) in [6.45, 7) is 4.20. The molecule has 0 radical (unpaired) electrons. The number of urea groups is 1. The monoisotopic (exact) mass is 680 g/mol. The zero-order chi connectivity index (χ0) is 32.6. The van der Waals surface area contributed by atoms with Gasteiger partial charge in [-0.05, 0) is 73.4 Å². The highest BCUT2D eigenvalue weighted by atomic mass is 35.5. The number of carbonyl (C=O) groups excluding carboxylic acids is 1. The van der Waals surface area contributed by atoms with Gasteiger partial charge in [0.05, 0.1) is 17.6 Å². The number of rotatable bonds is 13. The lowest BCUT2D eigenvalue weighted by Gasteiger charge is -2.38. The summed E-state index contributed by atoms with van der Waals surface area (Å²) in [7, 11) is -3.77. The molecule has 0 saturated carbocycles. The summed E-state index contributed by atoms with van der Waals surface area (Å²) in [5.74, 6) is -1.71. The smallest absolute Gasteiger partial charge is 0.324 e. The number of hydrogen-bond donors (Lipinski definition) is 2. The zero-order valence-corrected chi connectivity index (χ0v) is 27.3. The molecule has 1 aliphatic heterocycles. The second-order valence-electron chi connectivity index (χ2n) is 11.0. The maximum Gasteiger partial charge on any atom is 0.324 e. The van der Waals surface area contributed by atoms with Crippen molar-refractivity contribution in [1.29, 1.82) is 0 Å². The third-order valence-corrected chi connectivity index (χ3v) is 8.69. The van der Waals surface area contributed by atoms with E-state index in [4.69, 9.17) is 9.84 Å². The molecule has 1 saturated heterocycles. The van der Waals surface area contributed by atoms with Crippen LogP contribution in [-0.2, 0) is 21.4 Å². The number of amides is 2. The summed E-state index contributed by atoms with van der Waals surface area (Å²) in [6, 6.07) is 16.5. The van der Waals surface area contributed by atoms with E-state index in [0.29, 0.717) is 24.6 Å². The number of carboxylic acids is 1. The molecule has 3 aromatic carbocycles.